The van der Waals surface area contributed by atoms with Crippen LogP contribution in [-0.4, -0.2) is 19.9 Å². The van der Waals surface area contributed by atoms with Crippen molar-refractivity contribution >= 4 is 5.69 Å². The smallest absolute Gasteiger partial charge is 0.248 e. The Kier molecular flexibility index (Phi) is 2.35. The number of nitrogen functional groups attached to an aromatic ring is 1. The zero-order valence-corrected chi connectivity index (χ0v) is 10.7. The predicted molar refractivity (Wildman–Crippen MR) is 72.0 cm³/mol. The van der Waals surface area contributed by atoms with E-state index in [1.165, 1.54) is 11.1 Å². The number of anilines is 1. The third-order valence-corrected chi connectivity index (χ3v) is 3.60. The average molecular weight is 267 g/mol. The molecule has 0 radical (unpaired) electrons. The molecule has 6 heteroatoms. The number of hydrogen-bond acceptors (Lipinski definition) is 5. The maximum absolute atomic E-state index is 5.62. The summed E-state index contributed by atoms with van der Waals surface area (Å²) in [7, 11) is 0. The molecule has 0 saturated carbocycles. The number of nitrogens with zero attached hydrogens (tertiary/aromatic N) is 4. The number of fused-ring (bicyclic) bond motifs is 1. The Labute approximate surface area is 115 Å². The van der Waals surface area contributed by atoms with E-state index in [-0.39, 0.29) is 5.92 Å². The minimum absolute atomic E-state index is 0.256. The first-order chi connectivity index (χ1) is 9.79. The highest BCUT2D eigenvalue weighted by Crippen LogP contribution is 2.38. The van der Waals surface area contributed by atoms with Crippen LogP contribution >= 0.6 is 0 Å². The fourth-order valence-corrected chi connectivity index (χ4v) is 2.57. The molecule has 1 unspecified atom stereocenters. The highest BCUT2D eigenvalue weighted by atomic mass is 16.5. The molecule has 2 heterocycles. The number of hydrogen-bond donors (Lipinski definition) is 1. The van der Waals surface area contributed by atoms with E-state index in [0.717, 1.165) is 12.2 Å². The molecular weight excluding hydrogens is 254 g/mol. The van der Waals surface area contributed by atoms with Crippen molar-refractivity contribution < 1.29 is 4.52 Å². The van der Waals surface area contributed by atoms with Crippen molar-refractivity contribution in [3.63, 3.8) is 0 Å². The lowest BCUT2D eigenvalue weighted by atomic mass is 9.77. The molecule has 1 aliphatic carbocycles. The maximum atomic E-state index is 5.62. The first-order valence-electron chi connectivity index (χ1n) is 6.48. The Hall–Kier alpha value is -2.63. The van der Waals surface area contributed by atoms with Gasteiger partial charge in [0.05, 0.1) is 17.8 Å². The van der Waals surface area contributed by atoms with Crippen LogP contribution in [-0.2, 0) is 13.0 Å². The van der Waals surface area contributed by atoms with Gasteiger partial charge in [0.25, 0.3) is 0 Å². The summed E-state index contributed by atoms with van der Waals surface area (Å²) < 4.78 is 6.97. The minimum Gasteiger partial charge on any atom is -0.396 e. The zero-order valence-electron chi connectivity index (χ0n) is 10.7. The second-order valence-electron chi connectivity index (χ2n) is 4.97. The highest BCUT2D eigenvalue weighted by Gasteiger charge is 2.30. The molecule has 1 aliphatic rings. The predicted octanol–water partition coefficient (Wildman–Crippen LogP) is 1.58. The van der Waals surface area contributed by atoms with E-state index in [1.807, 2.05) is 6.07 Å². The Balaban J connectivity index is 1.55. The fourth-order valence-electron chi connectivity index (χ4n) is 2.57. The van der Waals surface area contributed by atoms with Crippen LogP contribution in [0.1, 0.15) is 28.8 Å². The van der Waals surface area contributed by atoms with Gasteiger partial charge in [-0.1, -0.05) is 29.4 Å². The molecule has 20 heavy (non-hydrogen) atoms. The van der Waals surface area contributed by atoms with Gasteiger partial charge in [-0.15, -0.1) is 0 Å². The van der Waals surface area contributed by atoms with Crippen LogP contribution < -0.4 is 5.73 Å². The Morgan fingerprint density at radius 1 is 1.35 bits per heavy atom. The van der Waals surface area contributed by atoms with Gasteiger partial charge in [-0.2, -0.15) is 10.1 Å². The molecule has 2 aromatic heterocycles. The molecule has 0 saturated heterocycles. The van der Waals surface area contributed by atoms with Gasteiger partial charge in [-0.3, -0.25) is 4.68 Å². The normalized spacial score (nSPS) is 16.7. The molecular formula is C14H13N5O. The topological polar surface area (TPSA) is 82.8 Å². The molecule has 0 bridgehead atoms. The van der Waals surface area contributed by atoms with Crippen LogP contribution in [0.2, 0.25) is 0 Å². The third-order valence-electron chi connectivity index (χ3n) is 3.60. The van der Waals surface area contributed by atoms with E-state index < -0.39 is 0 Å². The van der Waals surface area contributed by atoms with Crippen LogP contribution in [0.4, 0.5) is 5.69 Å². The molecule has 0 fully saturated rings. The molecule has 0 spiro atoms. The van der Waals surface area contributed by atoms with Crippen LogP contribution in [0.5, 0.6) is 0 Å². The standard InChI is InChI=1S/C14H13N5O/c15-10-6-16-19(7-10)8-13-17-14(18-20-13)12-5-9-3-1-2-4-11(9)12/h1-4,6-7,12H,5,8,15H2. The molecule has 2 N–H and O–H groups in total. The summed E-state index contributed by atoms with van der Waals surface area (Å²) >= 11 is 0. The summed E-state index contributed by atoms with van der Waals surface area (Å²) in [6.45, 7) is 0.443. The molecule has 0 aliphatic heterocycles. The van der Waals surface area contributed by atoms with Crippen molar-refractivity contribution in [1.29, 1.82) is 0 Å². The lowest BCUT2D eigenvalue weighted by Gasteiger charge is -2.27. The van der Waals surface area contributed by atoms with Crippen molar-refractivity contribution in [3.05, 3.63) is 59.5 Å². The van der Waals surface area contributed by atoms with E-state index in [9.17, 15) is 0 Å². The van der Waals surface area contributed by atoms with Crippen molar-refractivity contribution in [3.8, 4) is 0 Å². The molecule has 6 nitrogen and oxygen atoms in total. The van der Waals surface area contributed by atoms with Gasteiger partial charge in [0.1, 0.15) is 6.54 Å². The number of benzene rings is 1. The lowest BCUT2D eigenvalue weighted by Crippen LogP contribution is -2.19. The molecule has 3 aromatic rings. The molecule has 0 amide bonds. The van der Waals surface area contributed by atoms with Gasteiger partial charge in [0.2, 0.25) is 5.89 Å². The SMILES string of the molecule is Nc1cnn(Cc2nc(C3Cc4ccccc43)no2)c1. The first kappa shape index (κ1) is 11.2. The lowest BCUT2D eigenvalue weighted by molar-refractivity contribution is 0.358. The van der Waals surface area contributed by atoms with Crippen LogP contribution in [0.15, 0.2) is 41.2 Å². The van der Waals surface area contributed by atoms with E-state index in [1.54, 1.807) is 17.1 Å². The highest BCUT2D eigenvalue weighted by molar-refractivity contribution is 5.43. The van der Waals surface area contributed by atoms with Crippen molar-refractivity contribution in [2.45, 2.75) is 18.9 Å². The van der Waals surface area contributed by atoms with Gasteiger partial charge in [-0.05, 0) is 17.5 Å². The van der Waals surface area contributed by atoms with E-state index in [0.29, 0.717) is 18.1 Å². The maximum Gasteiger partial charge on any atom is 0.248 e. The molecule has 1 atom stereocenters. The largest absolute Gasteiger partial charge is 0.396 e. The van der Waals surface area contributed by atoms with Gasteiger partial charge >= 0.3 is 0 Å². The molecule has 100 valence electrons. The van der Waals surface area contributed by atoms with Gasteiger partial charge in [0.15, 0.2) is 5.82 Å². The molecule has 1 aromatic carbocycles. The van der Waals surface area contributed by atoms with Gasteiger partial charge < -0.3 is 10.3 Å². The quantitative estimate of drug-likeness (QED) is 0.779. The van der Waals surface area contributed by atoms with E-state index in [2.05, 4.69) is 33.4 Å². The Bertz CT molecular complexity index is 760. The zero-order chi connectivity index (χ0) is 13.5. The summed E-state index contributed by atoms with van der Waals surface area (Å²) in [4.78, 5) is 4.46. The van der Waals surface area contributed by atoms with Crippen molar-refractivity contribution in [2.75, 3.05) is 5.73 Å². The van der Waals surface area contributed by atoms with Gasteiger partial charge in [0, 0.05) is 6.20 Å². The average Bonchev–Trinajstić information content (AvgIpc) is 3.01. The summed E-state index contributed by atoms with van der Waals surface area (Å²) in [5.74, 6) is 1.55. The first-order valence-corrected chi connectivity index (χ1v) is 6.48. The van der Waals surface area contributed by atoms with Crippen LogP contribution in [0, 0.1) is 0 Å². The number of nitrogens with two attached hydrogens (primary N) is 1. The Morgan fingerprint density at radius 2 is 2.25 bits per heavy atom. The number of rotatable bonds is 3. The summed E-state index contributed by atoms with van der Waals surface area (Å²) in [6, 6.07) is 8.35. The number of aromatic nitrogens is 4. The second kappa shape index (κ2) is 4.19. The van der Waals surface area contributed by atoms with E-state index >= 15 is 0 Å². The van der Waals surface area contributed by atoms with E-state index in [4.69, 9.17) is 10.3 Å². The minimum atomic E-state index is 0.256. The van der Waals surface area contributed by atoms with Crippen molar-refractivity contribution in [2.24, 2.45) is 0 Å². The third kappa shape index (κ3) is 1.77. The monoisotopic (exact) mass is 267 g/mol. The summed E-state index contributed by atoms with van der Waals surface area (Å²) in [6.07, 6.45) is 4.31. The Morgan fingerprint density at radius 3 is 3.05 bits per heavy atom. The summed E-state index contributed by atoms with van der Waals surface area (Å²) in [5.41, 5.74) is 8.90. The van der Waals surface area contributed by atoms with Crippen LogP contribution in [0.25, 0.3) is 0 Å². The summed E-state index contributed by atoms with van der Waals surface area (Å²) in [5, 5.41) is 8.18. The van der Waals surface area contributed by atoms with Crippen molar-refractivity contribution in [1.82, 2.24) is 19.9 Å². The van der Waals surface area contributed by atoms with Crippen LogP contribution in [0.3, 0.4) is 0 Å². The fraction of sp³-hybridized carbons (Fsp3) is 0.214. The van der Waals surface area contributed by atoms with Gasteiger partial charge in [-0.25, -0.2) is 0 Å². The molecule has 4 rings (SSSR count). The second-order valence-corrected chi connectivity index (χ2v) is 4.97.